The number of rotatable bonds is 12. The molecule has 0 saturated heterocycles. The zero-order valence-electron chi connectivity index (χ0n) is 19.9. The van der Waals surface area contributed by atoms with Crippen molar-refractivity contribution >= 4 is 18.1 Å². The molecular weight excluding hydrogens is 463 g/mol. The van der Waals surface area contributed by atoms with Crippen molar-refractivity contribution in [3.63, 3.8) is 0 Å². The summed E-state index contributed by atoms with van der Waals surface area (Å²) in [6, 6.07) is 15.8. The van der Waals surface area contributed by atoms with Gasteiger partial charge < -0.3 is 14.6 Å². The molecule has 3 rings (SSSR count). The van der Waals surface area contributed by atoms with E-state index in [-0.39, 0.29) is 30.3 Å². The van der Waals surface area contributed by atoms with E-state index in [1.165, 1.54) is 30.5 Å². The zero-order chi connectivity index (χ0) is 25.9. The van der Waals surface area contributed by atoms with E-state index in [4.69, 9.17) is 14.6 Å². The number of nitrogens with one attached hydrogen (secondary N) is 1. The van der Waals surface area contributed by atoms with Crippen molar-refractivity contribution in [1.82, 2.24) is 5.43 Å². The van der Waals surface area contributed by atoms with Crippen LogP contribution in [0.3, 0.4) is 0 Å². The lowest BCUT2D eigenvalue weighted by atomic mass is 10.1. The van der Waals surface area contributed by atoms with Crippen LogP contribution in [0, 0.1) is 5.82 Å². The van der Waals surface area contributed by atoms with Gasteiger partial charge in [0, 0.05) is 5.56 Å². The van der Waals surface area contributed by atoms with Gasteiger partial charge in [-0.25, -0.2) is 14.6 Å². The molecule has 0 radical (unpaired) electrons. The van der Waals surface area contributed by atoms with Gasteiger partial charge >= 0.3 is 5.97 Å². The highest BCUT2D eigenvalue weighted by atomic mass is 19.1. The fourth-order valence-corrected chi connectivity index (χ4v) is 3.40. The summed E-state index contributed by atoms with van der Waals surface area (Å²) in [4.78, 5) is 23.2. The van der Waals surface area contributed by atoms with Crippen LogP contribution >= 0.6 is 0 Å². The van der Waals surface area contributed by atoms with Crippen LogP contribution in [0.2, 0.25) is 0 Å². The third-order valence-corrected chi connectivity index (χ3v) is 5.08. The second-order valence-corrected chi connectivity index (χ2v) is 7.82. The van der Waals surface area contributed by atoms with E-state index in [0.29, 0.717) is 35.7 Å². The number of allylic oxidation sites excluding steroid dienone is 1. The molecule has 8 heteroatoms. The highest BCUT2D eigenvalue weighted by Gasteiger charge is 2.14. The van der Waals surface area contributed by atoms with Gasteiger partial charge in [-0.1, -0.05) is 30.3 Å². The summed E-state index contributed by atoms with van der Waals surface area (Å²) in [7, 11) is 0. The molecule has 0 fully saturated rings. The minimum absolute atomic E-state index is 0.0732. The molecule has 0 aliphatic rings. The minimum atomic E-state index is -0.988. The van der Waals surface area contributed by atoms with Crippen LogP contribution in [0.15, 0.2) is 78.4 Å². The molecule has 3 aromatic carbocycles. The molecule has 7 nitrogen and oxygen atoms in total. The van der Waals surface area contributed by atoms with Gasteiger partial charge in [0.2, 0.25) is 5.91 Å². The first-order chi connectivity index (χ1) is 17.4. The van der Waals surface area contributed by atoms with Crippen LogP contribution in [0.4, 0.5) is 4.39 Å². The number of hydrazone groups is 1. The summed E-state index contributed by atoms with van der Waals surface area (Å²) in [6.45, 7) is 6.30. The van der Waals surface area contributed by atoms with Crippen molar-refractivity contribution in [3.8, 4) is 11.5 Å². The van der Waals surface area contributed by atoms with Crippen LogP contribution < -0.4 is 14.9 Å². The lowest BCUT2D eigenvalue weighted by molar-refractivity contribution is -0.120. The maximum Gasteiger partial charge on any atom is 0.335 e. The predicted molar refractivity (Wildman–Crippen MR) is 135 cm³/mol. The smallest absolute Gasteiger partial charge is 0.335 e. The number of amides is 1. The summed E-state index contributed by atoms with van der Waals surface area (Å²) >= 11 is 0. The largest absolute Gasteiger partial charge is 0.490 e. The van der Waals surface area contributed by atoms with Crippen molar-refractivity contribution in [3.05, 3.63) is 107 Å². The molecule has 36 heavy (non-hydrogen) atoms. The Kier molecular flexibility index (Phi) is 9.33. The highest BCUT2D eigenvalue weighted by molar-refractivity contribution is 5.87. The maximum absolute atomic E-state index is 13.0. The molecule has 1 amide bonds. The van der Waals surface area contributed by atoms with E-state index in [9.17, 15) is 14.0 Å². The van der Waals surface area contributed by atoms with Gasteiger partial charge in [-0.2, -0.15) is 5.10 Å². The standard InChI is InChI=1S/C28H27FN2O5/c1-3-5-23-14-21(17-30-31-26(32)16-19-8-12-24(29)13-9-19)15-25(35-4-2)27(23)36-18-20-6-10-22(11-7-20)28(33)34/h3,6-15,17H,1,4-5,16,18H2,2H3,(H,31,32)(H,33,34)/b30-17+. The second kappa shape index (κ2) is 12.9. The normalized spacial score (nSPS) is 10.7. The van der Waals surface area contributed by atoms with E-state index < -0.39 is 5.97 Å². The first-order valence-corrected chi connectivity index (χ1v) is 11.3. The van der Waals surface area contributed by atoms with Crippen molar-refractivity contribution < 1.29 is 28.6 Å². The molecule has 0 aliphatic heterocycles. The van der Waals surface area contributed by atoms with Gasteiger partial charge in [0.1, 0.15) is 12.4 Å². The first kappa shape index (κ1) is 26.2. The number of hydrogen-bond donors (Lipinski definition) is 2. The van der Waals surface area contributed by atoms with E-state index in [1.54, 1.807) is 36.4 Å². The number of halogens is 1. The molecule has 0 saturated carbocycles. The number of carboxylic acid groups (broad SMARTS) is 1. The van der Waals surface area contributed by atoms with E-state index in [1.807, 2.05) is 13.0 Å². The van der Waals surface area contributed by atoms with E-state index >= 15 is 0 Å². The third-order valence-electron chi connectivity index (χ3n) is 5.08. The second-order valence-electron chi connectivity index (χ2n) is 7.82. The predicted octanol–water partition coefficient (Wildman–Crippen LogP) is 4.92. The van der Waals surface area contributed by atoms with Gasteiger partial charge in [0.05, 0.1) is 24.8 Å². The summed E-state index contributed by atoms with van der Waals surface area (Å²) in [6.07, 6.45) is 3.83. The van der Waals surface area contributed by atoms with Crippen LogP contribution in [-0.4, -0.2) is 29.8 Å². The van der Waals surface area contributed by atoms with Crippen LogP contribution in [-0.2, 0) is 24.2 Å². The van der Waals surface area contributed by atoms with Gasteiger partial charge in [0.25, 0.3) is 0 Å². The number of carboxylic acids is 1. The SMILES string of the molecule is C=CCc1cc(/C=N/NC(=O)Cc2ccc(F)cc2)cc(OCC)c1OCc1ccc(C(=O)O)cc1. The molecule has 186 valence electrons. The number of nitrogens with zero attached hydrogens (tertiary/aromatic N) is 1. The van der Waals surface area contributed by atoms with Gasteiger partial charge in [-0.3, -0.25) is 4.79 Å². The first-order valence-electron chi connectivity index (χ1n) is 11.3. The summed E-state index contributed by atoms with van der Waals surface area (Å²) in [5.74, 6) is -0.614. The van der Waals surface area contributed by atoms with Gasteiger partial charge in [0.15, 0.2) is 11.5 Å². The average Bonchev–Trinajstić information content (AvgIpc) is 2.85. The Labute approximate surface area is 208 Å². The fourth-order valence-electron chi connectivity index (χ4n) is 3.40. The Bertz CT molecular complexity index is 1240. The summed E-state index contributed by atoms with van der Waals surface area (Å²) in [5, 5.41) is 13.1. The van der Waals surface area contributed by atoms with E-state index in [0.717, 1.165) is 11.1 Å². The zero-order valence-corrected chi connectivity index (χ0v) is 19.9. The van der Waals surface area contributed by atoms with E-state index in [2.05, 4.69) is 17.1 Å². The fraction of sp³-hybridized carbons (Fsp3) is 0.179. The van der Waals surface area contributed by atoms with Crippen molar-refractivity contribution in [2.24, 2.45) is 5.10 Å². The molecular formula is C28H27FN2O5. The molecule has 0 atom stereocenters. The molecule has 0 aromatic heterocycles. The summed E-state index contributed by atoms with van der Waals surface area (Å²) < 4.78 is 24.9. The molecule has 0 aliphatic carbocycles. The molecule has 0 bridgehead atoms. The molecule has 0 unspecified atom stereocenters. The number of aromatic carboxylic acids is 1. The van der Waals surface area contributed by atoms with Crippen molar-refractivity contribution in [1.29, 1.82) is 0 Å². The van der Waals surface area contributed by atoms with Crippen molar-refractivity contribution in [2.45, 2.75) is 26.4 Å². The van der Waals surface area contributed by atoms with Crippen LogP contribution in [0.25, 0.3) is 0 Å². The quantitative estimate of drug-likeness (QED) is 0.213. The average molecular weight is 491 g/mol. The lowest BCUT2D eigenvalue weighted by Gasteiger charge is -2.17. The Hall–Kier alpha value is -4.46. The van der Waals surface area contributed by atoms with Gasteiger partial charge in [-0.05, 0) is 66.4 Å². The van der Waals surface area contributed by atoms with Crippen LogP contribution in [0.1, 0.15) is 39.5 Å². The topological polar surface area (TPSA) is 97.2 Å². The highest BCUT2D eigenvalue weighted by Crippen LogP contribution is 2.34. The van der Waals surface area contributed by atoms with Gasteiger partial charge in [-0.15, -0.1) is 6.58 Å². The Morgan fingerprint density at radius 3 is 2.39 bits per heavy atom. The number of benzene rings is 3. The van der Waals surface area contributed by atoms with Crippen LogP contribution in [0.5, 0.6) is 11.5 Å². The number of hydrogen-bond acceptors (Lipinski definition) is 5. The Morgan fingerprint density at radius 2 is 1.75 bits per heavy atom. The molecule has 2 N–H and O–H groups in total. The number of ether oxygens (including phenoxy) is 2. The summed E-state index contributed by atoms with van der Waals surface area (Å²) in [5.41, 5.74) is 5.67. The molecule has 3 aromatic rings. The molecule has 0 heterocycles. The Morgan fingerprint density at radius 1 is 1.06 bits per heavy atom. The number of carbonyl (C=O) groups excluding carboxylic acids is 1. The minimum Gasteiger partial charge on any atom is -0.490 e. The maximum atomic E-state index is 13.0. The molecule has 0 spiro atoms. The third kappa shape index (κ3) is 7.53. The monoisotopic (exact) mass is 490 g/mol. The Balaban J connectivity index is 1.73. The lowest BCUT2D eigenvalue weighted by Crippen LogP contribution is -2.19. The number of carbonyl (C=O) groups is 2. The van der Waals surface area contributed by atoms with Crippen molar-refractivity contribution in [2.75, 3.05) is 6.61 Å².